The van der Waals surface area contributed by atoms with Crippen molar-refractivity contribution in [2.45, 2.75) is 26.7 Å². The number of halogens is 2. The van der Waals surface area contributed by atoms with Crippen LogP contribution in [0.4, 0.5) is 0 Å². The third kappa shape index (κ3) is 4.05. The first-order chi connectivity index (χ1) is 6.25. The Balaban J connectivity index is 0.000000980. The molecule has 0 saturated carbocycles. The molecule has 0 amide bonds. The fraction of sp³-hybridized carbons (Fsp3) is 0.333. The molecule has 0 aromatic heterocycles. The third-order valence-electron chi connectivity index (χ3n) is 2.61. The van der Waals surface area contributed by atoms with Crippen molar-refractivity contribution in [2.24, 2.45) is 0 Å². The van der Waals surface area contributed by atoms with Gasteiger partial charge in [0.15, 0.2) is 0 Å². The van der Waals surface area contributed by atoms with Crippen molar-refractivity contribution in [1.29, 1.82) is 0 Å². The third-order valence-corrected chi connectivity index (χ3v) is 7.41. The number of rotatable bonds is 2. The minimum absolute atomic E-state index is 0. The van der Waals surface area contributed by atoms with Gasteiger partial charge in [-0.1, -0.05) is 0 Å². The largest absolute Gasteiger partial charge is 0.147 e. The molecule has 2 aliphatic rings. The Labute approximate surface area is 116 Å². The number of hydrogen-bond acceptors (Lipinski definition) is 0. The monoisotopic (exact) mass is 410 g/mol. The molecule has 0 saturated heterocycles. The van der Waals surface area contributed by atoms with Gasteiger partial charge in [0.05, 0.1) is 0 Å². The quantitative estimate of drug-likeness (QED) is 0.594. The van der Waals surface area contributed by atoms with Crippen molar-refractivity contribution in [3.63, 3.8) is 0 Å². The van der Waals surface area contributed by atoms with E-state index in [9.17, 15) is 0 Å². The molecular formula is C12H16Cl2Hf. The Morgan fingerprint density at radius 3 is 2.33 bits per heavy atom. The van der Waals surface area contributed by atoms with Crippen molar-refractivity contribution in [1.82, 2.24) is 0 Å². The van der Waals surface area contributed by atoms with Gasteiger partial charge in [-0.15, -0.1) is 24.8 Å². The van der Waals surface area contributed by atoms with E-state index in [1.54, 1.807) is 12.2 Å². The molecule has 0 spiro atoms. The van der Waals surface area contributed by atoms with Gasteiger partial charge in [-0.05, 0) is 0 Å². The summed E-state index contributed by atoms with van der Waals surface area (Å²) in [5.41, 5.74) is 3.11. The summed E-state index contributed by atoms with van der Waals surface area (Å²) < 4.78 is 3.54. The predicted octanol–water partition coefficient (Wildman–Crippen LogP) is 4.38. The molecule has 0 atom stereocenters. The minimum Gasteiger partial charge on any atom is -0.147 e. The van der Waals surface area contributed by atoms with Gasteiger partial charge in [-0.2, -0.15) is 0 Å². The van der Waals surface area contributed by atoms with Crippen molar-refractivity contribution < 1.29 is 22.9 Å². The van der Waals surface area contributed by atoms with Gasteiger partial charge < -0.3 is 0 Å². The smallest absolute Gasteiger partial charge is 0.147 e. The minimum atomic E-state index is -0.587. The molecule has 2 aliphatic carbocycles. The van der Waals surface area contributed by atoms with Crippen LogP contribution in [0.15, 0.2) is 42.1 Å². The van der Waals surface area contributed by atoms with Crippen LogP contribution in [0.25, 0.3) is 0 Å². The fourth-order valence-corrected chi connectivity index (χ4v) is 6.91. The Morgan fingerprint density at radius 1 is 1.13 bits per heavy atom. The van der Waals surface area contributed by atoms with Crippen LogP contribution in [0.1, 0.15) is 26.7 Å². The molecule has 0 nitrogen and oxygen atoms in total. The van der Waals surface area contributed by atoms with E-state index in [2.05, 4.69) is 38.2 Å². The van der Waals surface area contributed by atoms with Crippen LogP contribution < -0.4 is 0 Å². The van der Waals surface area contributed by atoms with E-state index in [1.165, 1.54) is 18.4 Å². The summed E-state index contributed by atoms with van der Waals surface area (Å²) in [6, 6.07) is 0. The summed E-state index contributed by atoms with van der Waals surface area (Å²) in [6.45, 7) is 4.51. The predicted molar refractivity (Wildman–Crippen MR) is 67.4 cm³/mol. The van der Waals surface area contributed by atoms with E-state index < -0.39 is 22.9 Å². The summed E-state index contributed by atoms with van der Waals surface area (Å²) in [4.78, 5) is 0. The normalized spacial score (nSPS) is 18.0. The molecule has 0 aromatic carbocycles. The molecule has 0 heterocycles. The van der Waals surface area contributed by atoms with Crippen molar-refractivity contribution >= 4 is 24.8 Å². The summed E-state index contributed by atoms with van der Waals surface area (Å²) in [5.74, 6) is 0. The van der Waals surface area contributed by atoms with E-state index in [0.717, 1.165) is 0 Å². The molecule has 2 rings (SSSR count). The van der Waals surface area contributed by atoms with Gasteiger partial charge in [-0.3, -0.25) is 0 Å². The Kier molecular flexibility index (Phi) is 7.07. The van der Waals surface area contributed by atoms with Gasteiger partial charge in [0, 0.05) is 0 Å². The molecule has 0 fully saturated rings. The number of hydrogen-bond donors (Lipinski definition) is 0. The summed E-state index contributed by atoms with van der Waals surface area (Å²) >= 11 is -0.587. The summed E-state index contributed by atoms with van der Waals surface area (Å²) in [6.07, 6.45) is 11.8. The topological polar surface area (TPSA) is 0 Å². The zero-order valence-electron chi connectivity index (χ0n) is 9.04. The first-order valence-electron chi connectivity index (χ1n) is 4.75. The summed E-state index contributed by atoms with van der Waals surface area (Å²) in [5, 5.41) is 0. The Hall–Kier alpha value is 0.410. The molecular weight excluding hydrogens is 394 g/mol. The second-order valence-corrected chi connectivity index (χ2v) is 9.27. The van der Waals surface area contributed by atoms with Gasteiger partial charge in [-0.25, -0.2) is 0 Å². The molecule has 3 heteroatoms. The van der Waals surface area contributed by atoms with Gasteiger partial charge in [0.1, 0.15) is 0 Å². The van der Waals surface area contributed by atoms with E-state index >= 15 is 0 Å². The molecule has 0 radical (unpaired) electrons. The second-order valence-electron chi connectivity index (χ2n) is 3.76. The van der Waals surface area contributed by atoms with Crippen LogP contribution in [0, 0.1) is 0 Å². The molecule has 15 heavy (non-hydrogen) atoms. The standard InChI is InChI=1S/C7H9.C5H5.2ClH.Hf/c1-6-4-3-5-7(6)2;1-2-4-5-3-1;;;/h4H,5H2,1-2H3;1-3H,4H2;2*1H;. The molecule has 0 aromatic rings. The van der Waals surface area contributed by atoms with E-state index in [-0.39, 0.29) is 24.8 Å². The molecule has 0 unspecified atom stereocenters. The van der Waals surface area contributed by atoms with Gasteiger partial charge >= 0.3 is 91.7 Å². The zero-order chi connectivity index (χ0) is 9.26. The molecule has 0 N–H and O–H groups in total. The van der Waals surface area contributed by atoms with Crippen molar-refractivity contribution in [3.8, 4) is 0 Å². The van der Waals surface area contributed by atoms with E-state index in [1.807, 2.05) is 0 Å². The van der Waals surface area contributed by atoms with Crippen LogP contribution in [0.3, 0.4) is 0 Å². The van der Waals surface area contributed by atoms with Crippen LogP contribution in [-0.4, -0.2) is 0 Å². The zero-order valence-corrected chi connectivity index (χ0v) is 14.3. The van der Waals surface area contributed by atoms with Crippen LogP contribution >= 0.6 is 24.8 Å². The van der Waals surface area contributed by atoms with E-state index in [0.29, 0.717) is 0 Å². The fourth-order valence-electron chi connectivity index (χ4n) is 1.69. The van der Waals surface area contributed by atoms with Crippen molar-refractivity contribution in [3.05, 3.63) is 42.1 Å². The van der Waals surface area contributed by atoms with Crippen LogP contribution in [0.5, 0.6) is 0 Å². The Morgan fingerprint density at radius 2 is 1.87 bits per heavy atom. The molecule has 0 bridgehead atoms. The van der Waals surface area contributed by atoms with Crippen LogP contribution in [-0.2, 0) is 22.9 Å². The van der Waals surface area contributed by atoms with Gasteiger partial charge in [0.2, 0.25) is 0 Å². The van der Waals surface area contributed by atoms with E-state index in [4.69, 9.17) is 0 Å². The maximum atomic E-state index is 2.44. The summed E-state index contributed by atoms with van der Waals surface area (Å²) in [7, 11) is 0. The first-order valence-corrected chi connectivity index (χ1v) is 8.34. The van der Waals surface area contributed by atoms with Crippen molar-refractivity contribution in [2.75, 3.05) is 0 Å². The number of allylic oxidation sites excluding steroid dienone is 8. The Bertz CT molecular complexity index is 349. The second kappa shape index (κ2) is 6.88. The van der Waals surface area contributed by atoms with Crippen LogP contribution in [0.2, 0.25) is 0 Å². The molecule has 82 valence electrons. The average Bonchev–Trinajstić information content (AvgIpc) is 2.64. The maximum absolute atomic E-state index is 2.44. The first kappa shape index (κ1) is 15.4. The SMILES string of the molecule is CC1=C(C)C[C]([Hf][C]2=CC=CC2)=C1.Cl.Cl. The molecule has 0 aliphatic heterocycles. The van der Waals surface area contributed by atoms with Gasteiger partial charge in [0.25, 0.3) is 0 Å². The maximum Gasteiger partial charge on any atom is -0.147 e. The average molecular weight is 410 g/mol.